The van der Waals surface area contributed by atoms with E-state index in [-0.39, 0.29) is 42.5 Å². The lowest BCUT2D eigenvalue weighted by Crippen LogP contribution is -2.44. The van der Waals surface area contributed by atoms with Crippen LogP contribution < -0.4 is 10.6 Å². The second kappa shape index (κ2) is 11.5. The molecule has 0 radical (unpaired) electrons. The topological polar surface area (TPSA) is 56.7 Å². The molecule has 0 spiro atoms. The normalized spacial score (nSPS) is 17.7. The van der Waals surface area contributed by atoms with Crippen LogP contribution in [-0.4, -0.2) is 42.9 Å². The number of rotatable bonds is 5. The number of likely N-dealkylation sites (tertiary alicyclic amines) is 1. The van der Waals surface area contributed by atoms with Crippen LogP contribution in [0.3, 0.4) is 0 Å². The predicted octanol–water partition coefficient (Wildman–Crippen LogP) is 3.78. The van der Waals surface area contributed by atoms with E-state index >= 15 is 0 Å². The van der Waals surface area contributed by atoms with Crippen LogP contribution in [0, 0.1) is 0 Å². The average molecular weight is 512 g/mol. The Morgan fingerprint density at radius 3 is 2.68 bits per heavy atom. The molecule has 1 aliphatic rings. The standard InChI is InChI=1S/C19H27F3N4O.HI/c1-14-6-3-4-11-26(14)17(27)9-10-24-18(23-2)25-13-15-7-5-8-16(12-15)19(20,21)22;/h5,7-8,12,14H,3-4,6,9-11,13H2,1-2H3,(H2,23,24,25);1H. The molecule has 9 heteroatoms. The number of alkyl halides is 3. The Labute approximate surface area is 181 Å². The third-order valence-electron chi connectivity index (χ3n) is 4.69. The Balaban J connectivity index is 0.00000392. The number of nitrogens with one attached hydrogen (secondary N) is 2. The largest absolute Gasteiger partial charge is 0.416 e. The van der Waals surface area contributed by atoms with E-state index < -0.39 is 11.7 Å². The summed E-state index contributed by atoms with van der Waals surface area (Å²) in [7, 11) is 1.58. The van der Waals surface area contributed by atoms with Gasteiger partial charge in [-0.2, -0.15) is 13.2 Å². The molecule has 2 N–H and O–H groups in total. The highest BCUT2D eigenvalue weighted by molar-refractivity contribution is 14.0. The Kier molecular flexibility index (Phi) is 10.0. The molecule has 0 aliphatic carbocycles. The lowest BCUT2D eigenvalue weighted by atomic mass is 10.0. The van der Waals surface area contributed by atoms with Crippen LogP contribution in [-0.2, 0) is 17.5 Å². The molecule has 1 atom stereocenters. The van der Waals surface area contributed by atoms with Gasteiger partial charge in [0, 0.05) is 39.1 Å². The highest BCUT2D eigenvalue weighted by Crippen LogP contribution is 2.29. The lowest BCUT2D eigenvalue weighted by Gasteiger charge is -2.33. The number of piperidine rings is 1. The predicted molar refractivity (Wildman–Crippen MR) is 115 cm³/mol. The van der Waals surface area contributed by atoms with Gasteiger partial charge >= 0.3 is 6.18 Å². The van der Waals surface area contributed by atoms with Gasteiger partial charge in [0.05, 0.1) is 5.56 Å². The quantitative estimate of drug-likeness (QED) is 0.359. The third kappa shape index (κ3) is 7.48. The summed E-state index contributed by atoms with van der Waals surface area (Å²) in [5.41, 5.74) is -0.169. The van der Waals surface area contributed by atoms with Crippen molar-refractivity contribution < 1.29 is 18.0 Å². The smallest absolute Gasteiger partial charge is 0.356 e. The molecule has 28 heavy (non-hydrogen) atoms. The van der Waals surface area contributed by atoms with E-state index in [1.807, 2.05) is 4.90 Å². The number of benzene rings is 1. The molecule has 2 rings (SSSR count). The Morgan fingerprint density at radius 1 is 1.29 bits per heavy atom. The van der Waals surface area contributed by atoms with Crippen molar-refractivity contribution in [2.24, 2.45) is 4.99 Å². The van der Waals surface area contributed by atoms with E-state index in [2.05, 4.69) is 22.5 Å². The van der Waals surface area contributed by atoms with Gasteiger partial charge in [0.15, 0.2) is 5.96 Å². The summed E-state index contributed by atoms with van der Waals surface area (Å²) in [6.07, 6.45) is -0.755. The molecule has 1 amide bonds. The molecule has 1 heterocycles. The molecule has 0 saturated carbocycles. The van der Waals surface area contributed by atoms with Crippen LogP contribution in [0.25, 0.3) is 0 Å². The Morgan fingerprint density at radius 2 is 2.04 bits per heavy atom. The summed E-state index contributed by atoms with van der Waals surface area (Å²) in [5, 5.41) is 6.01. The summed E-state index contributed by atoms with van der Waals surface area (Å²) in [6, 6.07) is 5.45. The molecular weight excluding hydrogens is 484 g/mol. The maximum absolute atomic E-state index is 12.8. The maximum Gasteiger partial charge on any atom is 0.416 e. The summed E-state index contributed by atoms with van der Waals surface area (Å²) >= 11 is 0. The number of guanidine groups is 1. The van der Waals surface area contributed by atoms with Crippen LogP contribution in [0.2, 0.25) is 0 Å². The second-order valence-electron chi connectivity index (χ2n) is 6.73. The third-order valence-corrected chi connectivity index (χ3v) is 4.69. The van der Waals surface area contributed by atoms with Gasteiger partial charge in [-0.15, -0.1) is 24.0 Å². The molecule has 158 valence electrons. The highest BCUT2D eigenvalue weighted by atomic mass is 127. The number of halogens is 4. The fraction of sp³-hybridized carbons (Fsp3) is 0.579. The van der Waals surface area contributed by atoms with Gasteiger partial charge in [0.2, 0.25) is 5.91 Å². The van der Waals surface area contributed by atoms with Gasteiger partial charge in [-0.25, -0.2) is 0 Å². The molecule has 0 bridgehead atoms. The Hall–Kier alpha value is -1.52. The first-order valence-electron chi connectivity index (χ1n) is 9.21. The van der Waals surface area contributed by atoms with Gasteiger partial charge in [-0.1, -0.05) is 12.1 Å². The summed E-state index contributed by atoms with van der Waals surface area (Å²) in [6.45, 7) is 3.51. The van der Waals surface area contributed by atoms with Gasteiger partial charge in [0.25, 0.3) is 0 Å². The molecule has 0 aromatic heterocycles. The van der Waals surface area contributed by atoms with Crippen molar-refractivity contribution in [1.82, 2.24) is 15.5 Å². The minimum Gasteiger partial charge on any atom is -0.356 e. The number of nitrogens with zero attached hydrogens (tertiary/aromatic N) is 2. The van der Waals surface area contributed by atoms with E-state index in [9.17, 15) is 18.0 Å². The zero-order chi connectivity index (χ0) is 19.9. The molecule has 1 unspecified atom stereocenters. The zero-order valence-electron chi connectivity index (χ0n) is 16.2. The summed E-state index contributed by atoms with van der Waals surface area (Å²) in [5.74, 6) is 0.565. The number of carbonyl (C=O) groups is 1. The molecule has 5 nitrogen and oxygen atoms in total. The number of carbonyl (C=O) groups excluding carboxylic acids is 1. The van der Waals surface area contributed by atoms with Crippen LogP contribution in [0.1, 0.15) is 43.7 Å². The molecule has 1 aromatic rings. The molecular formula is C19H28F3IN4O. The van der Waals surface area contributed by atoms with Crippen LogP contribution in [0.4, 0.5) is 13.2 Å². The SMILES string of the molecule is CN=C(NCCC(=O)N1CCCCC1C)NCc1cccc(C(F)(F)F)c1.I. The second-order valence-corrected chi connectivity index (χ2v) is 6.73. The van der Waals surface area contributed by atoms with Crippen LogP contribution >= 0.6 is 24.0 Å². The minimum atomic E-state index is -4.36. The van der Waals surface area contributed by atoms with E-state index in [4.69, 9.17) is 0 Å². The first-order valence-corrected chi connectivity index (χ1v) is 9.21. The maximum atomic E-state index is 12.8. The van der Waals surface area contributed by atoms with Crippen molar-refractivity contribution in [2.75, 3.05) is 20.1 Å². The number of hydrogen-bond donors (Lipinski definition) is 2. The van der Waals surface area contributed by atoms with E-state index in [0.29, 0.717) is 24.5 Å². The first kappa shape index (κ1) is 24.5. The van der Waals surface area contributed by atoms with Crippen molar-refractivity contribution in [2.45, 2.75) is 51.4 Å². The van der Waals surface area contributed by atoms with Gasteiger partial charge in [0.1, 0.15) is 0 Å². The first-order chi connectivity index (χ1) is 12.8. The van der Waals surface area contributed by atoms with Crippen LogP contribution in [0.15, 0.2) is 29.3 Å². The van der Waals surface area contributed by atoms with Crippen molar-refractivity contribution >= 4 is 35.8 Å². The van der Waals surface area contributed by atoms with E-state index in [1.165, 1.54) is 6.07 Å². The fourth-order valence-electron chi connectivity index (χ4n) is 3.16. The van der Waals surface area contributed by atoms with Crippen molar-refractivity contribution in [3.05, 3.63) is 35.4 Å². The van der Waals surface area contributed by atoms with Crippen LogP contribution in [0.5, 0.6) is 0 Å². The molecule has 1 aromatic carbocycles. The lowest BCUT2D eigenvalue weighted by molar-refractivity contribution is -0.137. The van der Waals surface area contributed by atoms with Gasteiger partial charge in [-0.05, 0) is 43.9 Å². The molecule has 1 aliphatic heterocycles. The number of aliphatic imine (C=N–C) groups is 1. The minimum absolute atomic E-state index is 0. The number of amides is 1. The summed E-state index contributed by atoms with van der Waals surface area (Å²) in [4.78, 5) is 18.3. The highest BCUT2D eigenvalue weighted by Gasteiger charge is 2.30. The Bertz CT molecular complexity index is 667. The van der Waals surface area contributed by atoms with Crippen molar-refractivity contribution in [3.63, 3.8) is 0 Å². The average Bonchev–Trinajstić information content (AvgIpc) is 2.64. The number of hydrogen-bond acceptors (Lipinski definition) is 2. The van der Waals surface area contributed by atoms with E-state index in [0.717, 1.165) is 37.9 Å². The fourth-order valence-corrected chi connectivity index (χ4v) is 3.16. The van der Waals surface area contributed by atoms with E-state index in [1.54, 1.807) is 13.1 Å². The molecule has 1 fully saturated rings. The van der Waals surface area contributed by atoms with Crippen molar-refractivity contribution in [3.8, 4) is 0 Å². The zero-order valence-corrected chi connectivity index (χ0v) is 18.5. The van der Waals surface area contributed by atoms with Crippen molar-refractivity contribution in [1.29, 1.82) is 0 Å². The summed E-state index contributed by atoms with van der Waals surface area (Å²) < 4.78 is 38.3. The van der Waals surface area contributed by atoms with Gasteiger partial charge < -0.3 is 15.5 Å². The monoisotopic (exact) mass is 512 g/mol. The van der Waals surface area contributed by atoms with Gasteiger partial charge in [-0.3, -0.25) is 9.79 Å². The molecule has 1 saturated heterocycles.